The van der Waals surface area contributed by atoms with E-state index in [0.29, 0.717) is 10.9 Å². The van der Waals surface area contributed by atoms with E-state index in [9.17, 15) is 22.7 Å². The number of nitrogens with one attached hydrogen (secondary N) is 1. The van der Waals surface area contributed by atoms with E-state index >= 15 is 0 Å². The molecule has 2 aromatic carbocycles. The van der Waals surface area contributed by atoms with Crippen LogP contribution in [0.25, 0.3) is 21.9 Å². The molecule has 118 valence electrons. The number of halogens is 1. The number of pyridine rings is 1. The highest BCUT2D eigenvalue weighted by Crippen LogP contribution is 2.30. The first-order valence-electron chi connectivity index (χ1n) is 6.44. The number of phenols is 1. The average molecular weight is 334 g/mol. The molecule has 0 saturated heterocycles. The van der Waals surface area contributed by atoms with E-state index in [1.165, 1.54) is 30.5 Å². The van der Waals surface area contributed by atoms with Crippen LogP contribution in [0.5, 0.6) is 5.75 Å². The summed E-state index contributed by atoms with van der Waals surface area (Å²) in [6, 6.07) is 7.65. The Hall–Kier alpha value is -2.71. The highest BCUT2D eigenvalue weighted by atomic mass is 32.2. The predicted octanol–water partition coefficient (Wildman–Crippen LogP) is 1.69. The van der Waals surface area contributed by atoms with Gasteiger partial charge in [-0.1, -0.05) is 0 Å². The van der Waals surface area contributed by atoms with Crippen LogP contribution in [0.3, 0.4) is 0 Å². The Labute approximate surface area is 130 Å². The second-order valence-corrected chi connectivity index (χ2v) is 6.55. The molecule has 0 atom stereocenters. The van der Waals surface area contributed by atoms with E-state index in [0.717, 1.165) is 12.1 Å². The molecule has 0 unspecified atom stereocenters. The Morgan fingerprint density at radius 1 is 1.09 bits per heavy atom. The molecule has 23 heavy (non-hydrogen) atoms. The monoisotopic (exact) mass is 334 g/mol. The Bertz CT molecular complexity index is 1090. The quantitative estimate of drug-likeness (QED) is 0.661. The van der Waals surface area contributed by atoms with Crippen molar-refractivity contribution in [2.75, 3.05) is 0 Å². The fourth-order valence-electron chi connectivity index (χ4n) is 2.36. The molecular formula is C15H11FN2O4S. The van der Waals surface area contributed by atoms with E-state index in [4.69, 9.17) is 5.14 Å². The number of hydrogen-bond acceptors (Lipinski definition) is 4. The van der Waals surface area contributed by atoms with Gasteiger partial charge in [-0.25, -0.2) is 17.9 Å². The van der Waals surface area contributed by atoms with Crippen LogP contribution in [0.1, 0.15) is 0 Å². The van der Waals surface area contributed by atoms with Crippen LogP contribution in [-0.4, -0.2) is 18.5 Å². The molecule has 4 N–H and O–H groups in total. The van der Waals surface area contributed by atoms with Crippen molar-refractivity contribution in [2.45, 2.75) is 4.90 Å². The number of aromatic amines is 1. The summed E-state index contributed by atoms with van der Waals surface area (Å²) in [4.78, 5) is 13.7. The van der Waals surface area contributed by atoms with Gasteiger partial charge in [0.05, 0.1) is 10.3 Å². The SMILES string of the molecule is NS(=O)(=O)c1cc(O)cc(-c2cc(F)c3c(=O)[nH]ccc3c2)c1. The minimum Gasteiger partial charge on any atom is -0.508 e. The summed E-state index contributed by atoms with van der Waals surface area (Å²) in [6.45, 7) is 0. The molecule has 0 aliphatic heterocycles. The molecule has 1 heterocycles. The Balaban J connectivity index is 2.30. The summed E-state index contributed by atoms with van der Waals surface area (Å²) in [5.74, 6) is -1.07. The van der Waals surface area contributed by atoms with Crippen molar-refractivity contribution in [3.05, 3.63) is 58.8 Å². The third-order valence-electron chi connectivity index (χ3n) is 3.38. The predicted molar refractivity (Wildman–Crippen MR) is 83.0 cm³/mol. The van der Waals surface area contributed by atoms with E-state index in [-0.39, 0.29) is 21.6 Å². The number of aromatic nitrogens is 1. The van der Waals surface area contributed by atoms with E-state index in [1.54, 1.807) is 0 Å². The summed E-state index contributed by atoms with van der Waals surface area (Å²) in [5, 5.41) is 15.0. The number of H-pyrrole nitrogens is 1. The number of hydrogen-bond donors (Lipinski definition) is 3. The number of rotatable bonds is 2. The van der Waals surface area contributed by atoms with Crippen molar-refractivity contribution in [3.63, 3.8) is 0 Å². The van der Waals surface area contributed by atoms with Gasteiger partial charge in [0.2, 0.25) is 10.0 Å². The second kappa shape index (κ2) is 5.18. The second-order valence-electron chi connectivity index (χ2n) is 4.99. The van der Waals surface area contributed by atoms with Gasteiger partial charge in [0.25, 0.3) is 5.56 Å². The van der Waals surface area contributed by atoms with Gasteiger partial charge in [0.15, 0.2) is 0 Å². The zero-order valence-corrected chi connectivity index (χ0v) is 12.4. The summed E-state index contributed by atoms with van der Waals surface area (Å²) >= 11 is 0. The van der Waals surface area contributed by atoms with Gasteiger partial charge in [-0.05, 0) is 52.9 Å². The van der Waals surface area contributed by atoms with Crippen molar-refractivity contribution in [3.8, 4) is 16.9 Å². The van der Waals surface area contributed by atoms with Gasteiger partial charge in [-0.3, -0.25) is 4.79 Å². The molecule has 0 aliphatic carbocycles. The van der Waals surface area contributed by atoms with Crippen molar-refractivity contribution >= 4 is 20.8 Å². The standard InChI is InChI=1S/C15H11FN2O4S/c16-13-6-9(3-8-1-2-18-15(20)14(8)13)10-4-11(19)7-12(5-10)23(17,21)22/h1-7,19H,(H,18,20)(H2,17,21,22). The van der Waals surface area contributed by atoms with Gasteiger partial charge in [0, 0.05) is 6.20 Å². The molecule has 0 radical (unpaired) electrons. The van der Waals surface area contributed by atoms with E-state index in [2.05, 4.69) is 4.98 Å². The number of benzene rings is 2. The van der Waals surface area contributed by atoms with Crippen molar-refractivity contribution in [1.82, 2.24) is 4.98 Å². The molecule has 0 amide bonds. The van der Waals surface area contributed by atoms with Gasteiger partial charge in [-0.15, -0.1) is 0 Å². The van der Waals surface area contributed by atoms with E-state index in [1.807, 2.05) is 0 Å². The number of primary sulfonamides is 1. The average Bonchev–Trinajstić information content (AvgIpc) is 2.45. The van der Waals surface area contributed by atoms with Crippen LogP contribution >= 0.6 is 0 Å². The zero-order valence-electron chi connectivity index (χ0n) is 11.6. The minimum absolute atomic E-state index is 0.0944. The number of phenolic OH excluding ortho intramolecular Hbond substituents is 1. The lowest BCUT2D eigenvalue weighted by Gasteiger charge is -2.08. The first kappa shape index (κ1) is 15.2. The molecule has 0 bridgehead atoms. The van der Waals surface area contributed by atoms with Crippen molar-refractivity contribution in [1.29, 1.82) is 0 Å². The van der Waals surface area contributed by atoms with Gasteiger partial charge in [-0.2, -0.15) is 0 Å². The minimum atomic E-state index is -4.02. The highest BCUT2D eigenvalue weighted by Gasteiger charge is 2.14. The Morgan fingerprint density at radius 2 is 1.78 bits per heavy atom. The third-order valence-corrected chi connectivity index (χ3v) is 4.27. The molecule has 0 fully saturated rings. The summed E-state index contributed by atoms with van der Waals surface area (Å²) in [5.41, 5.74) is 0.00388. The van der Waals surface area contributed by atoms with Crippen LogP contribution in [-0.2, 0) is 10.0 Å². The number of aromatic hydroxyl groups is 1. The molecule has 8 heteroatoms. The maximum atomic E-state index is 14.2. The fraction of sp³-hybridized carbons (Fsp3) is 0. The fourth-order valence-corrected chi connectivity index (χ4v) is 2.94. The molecule has 0 spiro atoms. The lowest BCUT2D eigenvalue weighted by atomic mass is 10.0. The highest BCUT2D eigenvalue weighted by molar-refractivity contribution is 7.89. The lowest BCUT2D eigenvalue weighted by molar-refractivity contribution is 0.473. The number of nitrogens with two attached hydrogens (primary N) is 1. The zero-order chi connectivity index (χ0) is 16.8. The maximum Gasteiger partial charge on any atom is 0.258 e. The molecule has 1 aromatic heterocycles. The maximum absolute atomic E-state index is 14.2. The Kier molecular flexibility index (Phi) is 3.42. The molecule has 0 saturated carbocycles. The van der Waals surface area contributed by atoms with Crippen LogP contribution in [0, 0.1) is 5.82 Å². The smallest absolute Gasteiger partial charge is 0.258 e. The molecular weight excluding hydrogens is 323 g/mol. The lowest BCUT2D eigenvalue weighted by Crippen LogP contribution is -2.12. The number of fused-ring (bicyclic) bond motifs is 1. The normalized spacial score (nSPS) is 11.7. The van der Waals surface area contributed by atoms with Gasteiger partial charge >= 0.3 is 0 Å². The first-order chi connectivity index (χ1) is 10.8. The first-order valence-corrected chi connectivity index (χ1v) is 7.98. The van der Waals surface area contributed by atoms with Gasteiger partial charge in [0.1, 0.15) is 11.6 Å². The largest absolute Gasteiger partial charge is 0.508 e. The van der Waals surface area contributed by atoms with E-state index < -0.39 is 21.4 Å². The third kappa shape index (κ3) is 2.81. The summed E-state index contributed by atoms with van der Waals surface area (Å²) in [6.07, 6.45) is 1.38. The Morgan fingerprint density at radius 3 is 2.48 bits per heavy atom. The molecule has 0 aliphatic rings. The summed E-state index contributed by atoms with van der Waals surface area (Å²) in [7, 11) is -4.02. The van der Waals surface area contributed by atoms with Gasteiger partial charge < -0.3 is 10.1 Å². The molecule has 6 nitrogen and oxygen atoms in total. The van der Waals surface area contributed by atoms with Crippen LogP contribution < -0.4 is 10.7 Å². The molecule has 3 rings (SSSR count). The van der Waals surface area contributed by atoms with Crippen molar-refractivity contribution in [2.24, 2.45) is 5.14 Å². The topological polar surface area (TPSA) is 113 Å². The van der Waals surface area contributed by atoms with Crippen LogP contribution in [0.15, 0.2) is 52.3 Å². The van der Waals surface area contributed by atoms with Crippen LogP contribution in [0.2, 0.25) is 0 Å². The van der Waals surface area contributed by atoms with Crippen LogP contribution in [0.4, 0.5) is 4.39 Å². The molecule has 3 aromatic rings. The van der Waals surface area contributed by atoms with Crippen molar-refractivity contribution < 1.29 is 17.9 Å². The number of sulfonamides is 1. The summed E-state index contributed by atoms with van der Waals surface area (Å²) < 4.78 is 37.1.